The molecule has 7 rings (SSSR count). The molecular weight excluding hydrogens is 475 g/mol. The van der Waals surface area contributed by atoms with Crippen LogP contribution in [-0.2, 0) is 12.7 Å². The van der Waals surface area contributed by atoms with Gasteiger partial charge in [-0.1, -0.05) is 5.16 Å². The van der Waals surface area contributed by atoms with Crippen molar-refractivity contribution in [3.05, 3.63) is 29.2 Å². The Hall–Kier alpha value is -2.63. The lowest BCUT2D eigenvalue weighted by Crippen LogP contribution is -2.70. The molecule has 2 aromatic rings. The summed E-state index contributed by atoms with van der Waals surface area (Å²) in [6.45, 7) is 5.10. The molecule has 194 valence electrons. The fourth-order valence-electron chi connectivity index (χ4n) is 6.67. The molecule has 5 aliphatic rings. The van der Waals surface area contributed by atoms with Crippen LogP contribution in [0.5, 0.6) is 0 Å². The van der Waals surface area contributed by atoms with Gasteiger partial charge in [0.1, 0.15) is 5.82 Å². The lowest BCUT2D eigenvalue weighted by molar-refractivity contribution is -0.142. The van der Waals surface area contributed by atoms with Crippen LogP contribution in [0.2, 0.25) is 0 Å². The Kier molecular flexibility index (Phi) is 4.82. The minimum absolute atomic E-state index is 0.139. The fraction of sp³-hybridized carbons (Fsp3) is 0.750. The normalized spacial score (nSPS) is 25.6. The monoisotopic (exact) mass is 505 g/mol. The Labute approximate surface area is 206 Å². The second-order valence-electron chi connectivity index (χ2n) is 11.9. The van der Waals surface area contributed by atoms with Crippen molar-refractivity contribution < 1.29 is 22.5 Å². The molecule has 2 amide bonds. The van der Waals surface area contributed by atoms with Crippen molar-refractivity contribution in [3.8, 4) is 0 Å². The average Bonchev–Trinajstić information content (AvgIpc) is 3.29. The Balaban J connectivity index is 0.843. The van der Waals surface area contributed by atoms with Gasteiger partial charge in [-0.25, -0.2) is 9.78 Å². The number of alkyl halides is 3. The zero-order valence-electron chi connectivity index (χ0n) is 20.1. The zero-order chi connectivity index (χ0) is 24.7. The number of amides is 2. The standard InChI is InChI=1S/C24H30F3N7O2/c25-24(26,27)18-7-17(36-31-18)10-32-5-3-22(4-6-32)11-33(12-22)21(35)34-13-23(14-34)8-16(9-23)20-28-19(29-30-20)15-1-2-15/h7,15-16H,1-6,8-14H2,(H,28,29,30). The number of hydrogen-bond donors (Lipinski definition) is 1. The van der Waals surface area contributed by atoms with E-state index in [1.54, 1.807) is 0 Å². The maximum atomic E-state index is 13.0. The highest BCUT2D eigenvalue weighted by Crippen LogP contribution is 2.56. The molecule has 2 saturated carbocycles. The predicted octanol–water partition coefficient (Wildman–Crippen LogP) is 3.59. The molecule has 9 nitrogen and oxygen atoms in total. The lowest BCUT2D eigenvalue weighted by atomic mass is 9.57. The van der Waals surface area contributed by atoms with Crippen molar-refractivity contribution >= 4 is 6.03 Å². The summed E-state index contributed by atoms with van der Waals surface area (Å²) in [5.74, 6) is 3.24. The van der Waals surface area contributed by atoms with E-state index < -0.39 is 11.9 Å². The Morgan fingerprint density at radius 1 is 1.06 bits per heavy atom. The average molecular weight is 506 g/mol. The van der Waals surface area contributed by atoms with Crippen LogP contribution in [0.1, 0.15) is 73.5 Å². The summed E-state index contributed by atoms with van der Waals surface area (Å²) in [6, 6.07) is 1.13. The van der Waals surface area contributed by atoms with Gasteiger partial charge in [0.05, 0.1) is 6.54 Å². The van der Waals surface area contributed by atoms with Gasteiger partial charge in [-0.2, -0.15) is 18.3 Å². The number of H-pyrrole nitrogens is 1. The van der Waals surface area contributed by atoms with E-state index in [0.29, 0.717) is 18.4 Å². The number of rotatable bonds is 4. The van der Waals surface area contributed by atoms with Gasteiger partial charge in [0, 0.05) is 54.9 Å². The highest BCUT2D eigenvalue weighted by atomic mass is 19.4. The van der Waals surface area contributed by atoms with Gasteiger partial charge in [0.25, 0.3) is 0 Å². The third-order valence-corrected chi connectivity index (χ3v) is 9.00. The van der Waals surface area contributed by atoms with E-state index >= 15 is 0 Å². The molecule has 5 heterocycles. The van der Waals surface area contributed by atoms with Crippen LogP contribution in [0, 0.1) is 10.8 Å². The van der Waals surface area contributed by atoms with E-state index in [9.17, 15) is 18.0 Å². The van der Waals surface area contributed by atoms with Gasteiger partial charge in [0.2, 0.25) is 0 Å². The topological polar surface area (TPSA) is 94.4 Å². The number of likely N-dealkylation sites (tertiary alicyclic amines) is 3. The maximum Gasteiger partial charge on any atom is 0.436 e. The molecule has 1 N–H and O–H groups in total. The molecule has 2 spiro atoms. The summed E-state index contributed by atoms with van der Waals surface area (Å²) in [6.07, 6.45) is 1.94. The first-order valence-electron chi connectivity index (χ1n) is 12.9. The summed E-state index contributed by atoms with van der Waals surface area (Å²) in [5.41, 5.74) is -0.585. The number of nitrogens with one attached hydrogen (secondary N) is 1. The third-order valence-electron chi connectivity index (χ3n) is 9.00. The third kappa shape index (κ3) is 3.88. The van der Waals surface area contributed by atoms with Gasteiger partial charge in [-0.15, -0.1) is 0 Å². The van der Waals surface area contributed by atoms with Crippen LogP contribution in [0.15, 0.2) is 10.6 Å². The Morgan fingerprint density at radius 3 is 2.33 bits per heavy atom. The molecular formula is C24H30F3N7O2. The van der Waals surface area contributed by atoms with E-state index in [0.717, 1.165) is 82.7 Å². The number of carbonyl (C=O) groups excluding carboxylic acids is 1. The van der Waals surface area contributed by atoms with Crippen LogP contribution in [-0.4, -0.2) is 80.3 Å². The van der Waals surface area contributed by atoms with Gasteiger partial charge >= 0.3 is 12.2 Å². The lowest BCUT2D eigenvalue weighted by Gasteiger charge is -2.61. The number of carbonyl (C=O) groups is 1. The molecule has 0 bridgehead atoms. The number of hydrogen-bond acceptors (Lipinski definition) is 6. The van der Waals surface area contributed by atoms with Gasteiger partial charge in [-0.3, -0.25) is 10.00 Å². The van der Waals surface area contributed by atoms with Gasteiger partial charge in [0.15, 0.2) is 17.3 Å². The highest BCUT2D eigenvalue weighted by Gasteiger charge is 2.57. The molecule has 2 aromatic heterocycles. The SMILES string of the molecule is O=C(N1CC2(CCN(Cc3cc(C(F)(F)F)no3)CC2)C1)N1CC2(CC(c3nc(C4CC4)n[nH]3)C2)C1. The molecule has 0 atom stereocenters. The zero-order valence-corrected chi connectivity index (χ0v) is 20.1. The number of nitrogens with zero attached hydrogens (tertiary/aromatic N) is 6. The molecule has 3 saturated heterocycles. The number of halogens is 3. The Morgan fingerprint density at radius 2 is 1.72 bits per heavy atom. The van der Waals surface area contributed by atoms with Gasteiger partial charge in [-0.05, 0) is 51.6 Å². The smallest absolute Gasteiger partial charge is 0.359 e. The van der Waals surface area contributed by atoms with E-state index in [2.05, 4.69) is 20.3 Å². The number of aromatic nitrogens is 4. The van der Waals surface area contributed by atoms with Crippen molar-refractivity contribution in [3.63, 3.8) is 0 Å². The molecule has 0 aromatic carbocycles. The summed E-state index contributed by atoms with van der Waals surface area (Å²) >= 11 is 0. The number of piperidine rings is 1. The molecule has 3 aliphatic heterocycles. The van der Waals surface area contributed by atoms with Gasteiger partial charge < -0.3 is 14.3 Å². The summed E-state index contributed by atoms with van der Waals surface area (Å²) in [7, 11) is 0. The minimum atomic E-state index is -4.48. The molecule has 12 heteroatoms. The van der Waals surface area contributed by atoms with E-state index in [1.807, 2.05) is 9.80 Å². The van der Waals surface area contributed by atoms with Crippen molar-refractivity contribution in [2.24, 2.45) is 10.8 Å². The van der Waals surface area contributed by atoms with Crippen LogP contribution in [0.4, 0.5) is 18.0 Å². The minimum Gasteiger partial charge on any atom is -0.359 e. The second kappa shape index (κ2) is 7.69. The van der Waals surface area contributed by atoms with E-state index in [-0.39, 0.29) is 22.6 Å². The maximum absolute atomic E-state index is 13.0. The van der Waals surface area contributed by atoms with Crippen LogP contribution >= 0.6 is 0 Å². The fourth-order valence-corrected chi connectivity index (χ4v) is 6.67. The van der Waals surface area contributed by atoms with E-state index in [4.69, 9.17) is 9.51 Å². The van der Waals surface area contributed by atoms with Crippen molar-refractivity contribution in [2.45, 2.75) is 63.1 Å². The summed E-state index contributed by atoms with van der Waals surface area (Å²) in [4.78, 5) is 23.7. The number of urea groups is 1. The first kappa shape index (κ1) is 22.6. The molecule has 5 fully saturated rings. The van der Waals surface area contributed by atoms with E-state index in [1.165, 1.54) is 12.8 Å². The first-order valence-corrected chi connectivity index (χ1v) is 12.9. The molecule has 2 aliphatic carbocycles. The largest absolute Gasteiger partial charge is 0.436 e. The van der Waals surface area contributed by atoms with Crippen molar-refractivity contribution in [1.29, 1.82) is 0 Å². The second-order valence-corrected chi connectivity index (χ2v) is 11.9. The summed E-state index contributed by atoms with van der Waals surface area (Å²) in [5, 5.41) is 10.6. The number of aromatic amines is 1. The van der Waals surface area contributed by atoms with Crippen LogP contribution in [0.25, 0.3) is 0 Å². The van der Waals surface area contributed by atoms with Crippen molar-refractivity contribution in [1.82, 2.24) is 35.0 Å². The summed E-state index contributed by atoms with van der Waals surface area (Å²) < 4.78 is 43.1. The quantitative estimate of drug-likeness (QED) is 0.683. The molecule has 0 unspecified atom stereocenters. The van der Waals surface area contributed by atoms with Crippen LogP contribution in [0.3, 0.4) is 0 Å². The van der Waals surface area contributed by atoms with Crippen LogP contribution < -0.4 is 0 Å². The van der Waals surface area contributed by atoms with Crippen molar-refractivity contribution in [2.75, 3.05) is 39.3 Å². The molecule has 0 radical (unpaired) electrons. The first-order chi connectivity index (χ1) is 17.2. The Bertz CT molecular complexity index is 1140. The molecule has 36 heavy (non-hydrogen) atoms. The highest BCUT2D eigenvalue weighted by molar-refractivity contribution is 5.76. The predicted molar refractivity (Wildman–Crippen MR) is 120 cm³/mol.